The van der Waals surface area contributed by atoms with Gasteiger partial charge in [0.1, 0.15) is 0 Å². The lowest BCUT2D eigenvalue weighted by Gasteiger charge is -2.14. The monoisotopic (exact) mass is 398 g/mol. The summed E-state index contributed by atoms with van der Waals surface area (Å²) >= 11 is 0. The van der Waals surface area contributed by atoms with Crippen LogP contribution in [0.25, 0.3) is 27.9 Å². The predicted octanol–water partition coefficient (Wildman–Crippen LogP) is 1.25. The molecule has 4 aromatic heterocycles. The smallest absolute Gasteiger partial charge is 0.304 e. The van der Waals surface area contributed by atoms with Crippen LogP contribution in [-0.2, 0) is 10.0 Å². The molecule has 9 nitrogen and oxygen atoms in total. The maximum absolute atomic E-state index is 12.6. The van der Waals surface area contributed by atoms with Gasteiger partial charge < -0.3 is 4.98 Å². The van der Waals surface area contributed by atoms with Gasteiger partial charge in [0, 0.05) is 24.8 Å². The first-order valence-electron chi connectivity index (χ1n) is 8.91. The molecule has 1 atom stereocenters. The van der Waals surface area contributed by atoms with Gasteiger partial charge in [-0.2, -0.15) is 5.10 Å². The standard InChI is InChI=1S/C18H18N6O3S/c1-28(26,27)22-9-7-12(11-22)24-17-15(21-18(24)25)6-5-14(20-17)13-10-19-23-8-3-2-4-16(13)23/h2-6,8,10,12H,7,9,11H2,1H3,(H,21,25). The lowest BCUT2D eigenvalue weighted by Crippen LogP contribution is -2.30. The van der Waals surface area contributed by atoms with E-state index >= 15 is 0 Å². The molecule has 1 aliphatic rings. The van der Waals surface area contributed by atoms with E-state index in [2.05, 4.69) is 10.1 Å². The number of aromatic nitrogens is 5. The van der Waals surface area contributed by atoms with Crippen molar-refractivity contribution in [2.24, 2.45) is 0 Å². The summed E-state index contributed by atoms with van der Waals surface area (Å²) in [6.45, 7) is 0.671. The van der Waals surface area contributed by atoms with E-state index in [1.54, 1.807) is 15.3 Å². The highest BCUT2D eigenvalue weighted by Gasteiger charge is 2.31. The van der Waals surface area contributed by atoms with E-state index in [-0.39, 0.29) is 18.3 Å². The number of imidazole rings is 1. The number of H-pyrrole nitrogens is 1. The third-order valence-electron chi connectivity index (χ3n) is 5.23. The van der Waals surface area contributed by atoms with Crippen LogP contribution in [0.3, 0.4) is 0 Å². The first kappa shape index (κ1) is 17.1. The molecule has 1 aliphatic heterocycles. The second-order valence-electron chi connectivity index (χ2n) is 7.02. The molecule has 0 aliphatic carbocycles. The van der Waals surface area contributed by atoms with E-state index in [1.165, 1.54) is 10.6 Å². The van der Waals surface area contributed by atoms with Gasteiger partial charge in [-0.15, -0.1) is 0 Å². The highest BCUT2D eigenvalue weighted by molar-refractivity contribution is 7.88. The normalized spacial score (nSPS) is 18.4. The lowest BCUT2D eigenvalue weighted by atomic mass is 10.2. The maximum Gasteiger partial charge on any atom is 0.327 e. The van der Waals surface area contributed by atoms with Crippen LogP contribution in [-0.4, -0.2) is 56.2 Å². The van der Waals surface area contributed by atoms with Gasteiger partial charge in [-0.1, -0.05) is 6.07 Å². The van der Waals surface area contributed by atoms with E-state index in [9.17, 15) is 13.2 Å². The fraction of sp³-hybridized carbons (Fsp3) is 0.278. The quantitative estimate of drug-likeness (QED) is 0.559. The van der Waals surface area contributed by atoms with Crippen LogP contribution in [0.15, 0.2) is 47.5 Å². The van der Waals surface area contributed by atoms with Crippen molar-refractivity contribution in [2.75, 3.05) is 19.3 Å². The number of nitrogens with one attached hydrogen (secondary N) is 1. The van der Waals surface area contributed by atoms with Gasteiger partial charge in [0.25, 0.3) is 0 Å². The Balaban J connectivity index is 1.63. The third kappa shape index (κ3) is 2.64. The van der Waals surface area contributed by atoms with E-state index in [1.807, 2.05) is 36.5 Å². The summed E-state index contributed by atoms with van der Waals surface area (Å²) in [6.07, 6.45) is 5.37. The van der Waals surface area contributed by atoms with E-state index < -0.39 is 10.0 Å². The summed E-state index contributed by atoms with van der Waals surface area (Å²) in [6, 6.07) is 9.22. The number of hydrogen-bond donors (Lipinski definition) is 1. The second-order valence-corrected chi connectivity index (χ2v) is 9.00. The zero-order valence-corrected chi connectivity index (χ0v) is 15.9. The van der Waals surface area contributed by atoms with Gasteiger partial charge in [-0.25, -0.2) is 27.0 Å². The molecule has 0 amide bonds. The van der Waals surface area contributed by atoms with Gasteiger partial charge in [0.15, 0.2) is 5.65 Å². The fourth-order valence-electron chi connectivity index (χ4n) is 3.84. The summed E-state index contributed by atoms with van der Waals surface area (Å²) in [7, 11) is -3.28. The van der Waals surface area contributed by atoms with Crippen LogP contribution in [0.5, 0.6) is 0 Å². The Bertz CT molecular complexity index is 1370. The van der Waals surface area contributed by atoms with E-state index in [0.29, 0.717) is 29.8 Å². The summed E-state index contributed by atoms with van der Waals surface area (Å²) in [5.41, 5.74) is 3.37. The van der Waals surface area contributed by atoms with Crippen molar-refractivity contribution >= 4 is 26.7 Å². The highest BCUT2D eigenvalue weighted by atomic mass is 32.2. The Kier molecular flexibility index (Phi) is 3.68. The molecule has 0 bridgehead atoms. The van der Waals surface area contributed by atoms with Crippen molar-refractivity contribution in [3.8, 4) is 11.3 Å². The molecule has 4 aromatic rings. The average Bonchev–Trinajstić information content (AvgIpc) is 3.36. The summed E-state index contributed by atoms with van der Waals surface area (Å²) < 4.78 is 28.4. The largest absolute Gasteiger partial charge is 0.327 e. The molecule has 0 spiro atoms. The molecule has 1 unspecified atom stereocenters. The molecule has 10 heteroatoms. The minimum atomic E-state index is -3.28. The van der Waals surface area contributed by atoms with Gasteiger partial charge in [0.05, 0.1) is 35.2 Å². The Morgan fingerprint density at radius 2 is 2.07 bits per heavy atom. The fourth-order valence-corrected chi connectivity index (χ4v) is 4.72. The van der Waals surface area contributed by atoms with Crippen molar-refractivity contribution < 1.29 is 8.42 Å². The number of aromatic amines is 1. The molecule has 144 valence electrons. The Morgan fingerprint density at radius 1 is 1.21 bits per heavy atom. The topological polar surface area (TPSA) is 105 Å². The molecule has 0 saturated carbocycles. The predicted molar refractivity (Wildman–Crippen MR) is 105 cm³/mol. The number of fused-ring (bicyclic) bond motifs is 2. The Morgan fingerprint density at radius 3 is 2.86 bits per heavy atom. The molecule has 1 saturated heterocycles. The van der Waals surface area contributed by atoms with Gasteiger partial charge in [0.2, 0.25) is 10.0 Å². The van der Waals surface area contributed by atoms with Gasteiger partial charge >= 0.3 is 5.69 Å². The molecule has 1 N–H and O–H groups in total. The van der Waals surface area contributed by atoms with Crippen LogP contribution < -0.4 is 5.69 Å². The first-order valence-corrected chi connectivity index (χ1v) is 10.8. The van der Waals surface area contributed by atoms with Crippen LogP contribution in [0.2, 0.25) is 0 Å². The summed E-state index contributed by atoms with van der Waals surface area (Å²) in [4.78, 5) is 20.1. The average molecular weight is 398 g/mol. The lowest BCUT2D eigenvalue weighted by molar-refractivity contribution is 0.455. The van der Waals surface area contributed by atoms with Gasteiger partial charge in [-0.3, -0.25) is 4.57 Å². The zero-order valence-electron chi connectivity index (χ0n) is 15.1. The van der Waals surface area contributed by atoms with E-state index in [4.69, 9.17) is 4.98 Å². The molecule has 1 fully saturated rings. The summed E-state index contributed by atoms with van der Waals surface area (Å²) in [5, 5.41) is 4.34. The maximum atomic E-state index is 12.6. The van der Waals surface area contributed by atoms with Gasteiger partial charge in [-0.05, 0) is 30.7 Å². The first-order chi connectivity index (χ1) is 13.4. The van der Waals surface area contributed by atoms with Crippen LogP contribution >= 0.6 is 0 Å². The zero-order chi connectivity index (χ0) is 19.5. The van der Waals surface area contributed by atoms with Crippen LogP contribution in [0.4, 0.5) is 0 Å². The Hall–Kier alpha value is -2.98. The van der Waals surface area contributed by atoms with Crippen molar-refractivity contribution in [3.63, 3.8) is 0 Å². The van der Waals surface area contributed by atoms with Crippen LogP contribution in [0.1, 0.15) is 12.5 Å². The third-order valence-corrected chi connectivity index (χ3v) is 6.50. The molecule has 0 radical (unpaired) electrons. The molecule has 28 heavy (non-hydrogen) atoms. The van der Waals surface area contributed by atoms with Crippen molar-refractivity contribution in [1.82, 2.24) is 28.5 Å². The van der Waals surface area contributed by atoms with Crippen LogP contribution in [0, 0.1) is 0 Å². The molecule has 0 aromatic carbocycles. The minimum Gasteiger partial charge on any atom is -0.304 e. The number of sulfonamides is 1. The second kappa shape index (κ2) is 6.01. The van der Waals surface area contributed by atoms with Crippen molar-refractivity contribution in [3.05, 3.63) is 53.2 Å². The number of nitrogens with zero attached hydrogens (tertiary/aromatic N) is 5. The molecule has 5 heterocycles. The van der Waals surface area contributed by atoms with E-state index in [0.717, 1.165) is 11.1 Å². The number of rotatable bonds is 3. The highest BCUT2D eigenvalue weighted by Crippen LogP contribution is 2.28. The minimum absolute atomic E-state index is 0.248. The summed E-state index contributed by atoms with van der Waals surface area (Å²) in [5.74, 6) is 0. The van der Waals surface area contributed by atoms with Crippen molar-refractivity contribution in [1.29, 1.82) is 0 Å². The number of pyridine rings is 2. The molecule has 5 rings (SSSR count). The SMILES string of the molecule is CS(=O)(=O)N1CCC(n2c(=O)[nH]c3ccc(-c4cnn5ccccc45)nc32)C1. The number of hydrogen-bond acceptors (Lipinski definition) is 5. The Labute approximate surface area is 160 Å². The molecular formula is C18H18N6O3S. The molecular weight excluding hydrogens is 380 g/mol. The van der Waals surface area contributed by atoms with Crippen molar-refractivity contribution in [2.45, 2.75) is 12.5 Å².